The molecule has 0 fully saturated rings. The lowest BCUT2D eigenvalue weighted by Crippen LogP contribution is -2.52. The van der Waals surface area contributed by atoms with Gasteiger partial charge in [0.25, 0.3) is 0 Å². The third-order valence-corrected chi connectivity index (χ3v) is 6.74. The van der Waals surface area contributed by atoms with Gasteiger partial charge in [-0.1, -0.05) is 71.1 Å². The Morgan fingerprint density at radius 1 is 0.533 bits per heavy atom. The maximum absolute atomic E-state index is 12.7. The van der Waals surface area contributed by atoms with Gasteiger partial charge in [0, 0.05) is 34.6 Å². The van der Waals surface area contributed by atoms with E-state index < -0.39 is 79.5 Å². The Hall–Kier alpha value is -3.22. The highest BCUT2D eigenvalue weighted by Crippen LogP contribution is 2.19. The van der Waals surface area contributed by atoms with Crippen LogP contribution >= 0.6 is 0 Å². The van der Waals surface area contributed by atoms with Crippen molar-refractivity contribution >= 4 is 35.8 Å². The van der Waals surface area contributed by atoms with E-state index in [1.807, 2.05) is 0 Å². The predicted molar refractivity (Wildman–Crippen MR) is 162 cm³/mol. The molecular weight excluding hydrogens is 592 g/mol. The molecule has 1 unspecified atom stereocenters. The topological polar surface area (TPSA) is 178 Å². The Kier molecular flexibility index (Phi) is 23.2. The van der Waals surface area contributed by atoms with Gasteiger partial charge in [0.2, 0.25) is 0 Å². The second kappa shape index (κ2) is 25.0. The standard InChI is InChI=1S/C32H54O13/c1-7-8-9-10-11-12-13-14-15-16-17-18-27(42-23(3)34)19-30(38)41-20-28(43-24(4)35)31(39)32(45-26(6)37)29(44-25(5)36)21-40-22(2)33/h27-29,31-32,39H,7-21H2,1-6H3/t27?,28-,29-,31-,32-/m1/s1. The van der Waals surface area contributed by atoms with Crippen molar-refractivity contribution < 1.29 is 62.3 Å². The summed E-state index contributed by atoms with van der Waals surface area (Å²) in [6.07, 6.45) is 5.53. The molecule has 0 aliphatic carbocycles. The number of hydrogen-bond acceptors (Lipinski definition) is 13. The van der Waals surface area contributed by atoms with E-state index in [1.165, 1.54) is 51.9 Å². The van der Waals surface area contributed by atoms with Gasteiger partial charge in [-0.25, -0.2) is 0 Å². The zero-order valence-corrected chi connectivity index (χ0v) is 27.8. The molecule has 13 nitrogen and oxygen atoms in total. The normalized spacial score (nSPS) is 14.2. The van der Waals surface area contributed by atoms with Crippen molar-refractivity contribution in [2.24, 2.45) is 0 Å². The molecule has 45 heavy (non-hydrogen) atoms. The molecule has 0 saturated heterocycles. The summed E-state index contributed by atoms with van der Waals surface area (Å²) in [4.78, 5) is 71.0. The summed E-state index contributed by atoms with van der Waals surface area (Å²) >= 11 is 0. The van der Waals surface area contributed by atoms with Crippen molar-refractivity contribution in [2.45, 2.75) is 156 Å². The van der Waals surface area contributed by atoms with Gasteiger partial charge >= 0.3 is 35.8 Å². The molecule has 260 valence electrons. The van der Waals surface area contributed by atoms with Gasteiger partial charge in [-0.2, -0.15) is 0 Å². The molecule has 0 heterocycles. The quantitative estimate of drug-likeness (QED) is 0.0845. The Balaban J connectivity index is 5.19. The largest absolute Gasteiger partial charge is 0.462 e. The number of aliphatic hydroxyl groups is 1. The van der Waals surface area contributed by atoms with E-state index in [1.54, 1.807) is 0 Å². The van der Waals surface area contributed by atoms with Crippen LogP contribution in [-0.4, -0.2) is 84.7 Å². The molecule has 0 saturated carbocycles. The lowest BCUT2D eigenvalue weighted by molar-refractivity contribution is -0.198. The van der Waals surface area contributed by atoms with Crippen LogP contribution in [-0.2, 0) is 57.2 Å². The second-order valence-electron chi connectivity index (χ2n) is 11.1. The van der Waals surface area contributed by atoms with Crippen LogP contribution in [0, 0.1) is 0 Å². The number of carbonyl (C=O) groups is 6. The van der Waals surface area contributed by atoms with Crippen molar-refractivity contribution in [3.8, 4) is 0 Å². The first-order chi connectivity index (χ1) is 21.3. The summed E-state index contributed by atoms with van der Waals surface area (Å²) in [5.74, 6) is -4.63. The molecule has 0 radical (unpaired) electrons. The van der Waals surface area contributed by atoms with Crippen molar-refractivity contribution in [2.75, 3.05) is 13.2 Å². The minimum atomic E-state index is -1.87. The first-order valence-corrected chi connectivity index (χ1v) is 15.9. The fourth-order valence-electron chi connectivity index (χ4n) is 4.69. The summed E-state index contributed by atoms with van der Waals surface area (Å²) in [5, 5.41) is 11.1. The summed E-state index contributed by atoms with van der Waals surface area (Å²) in [7, 11) is 0. The molecule has 0 aromatic carbocycles. The van der Waals surface area contributed by atoms with Crippen molar-refractivity contribution in [1.82, 2.24) is 0 Å². The smallest absolute Gasteiger partial charge is 0.309 e. The Bertz CT molecular complexity index is 903. The van der Waals surface area contributed by atoms with Crippen LogP contribution in [0.5, 0.6) is 0 Å². The highest BCUT2D eigenvalue weighted by molar-refractivity contribution is 5.72. The molecule has 0 aliphatic rings. The summed E-state index contributed by atoms with van der Waals surface area (Å²) < 4.78 is 30.8. The molecule has 0 aliphatic heterocycles. The van der Waals surface area contributed by atoms with E-state index in [0.717, 1.165) is 53.4 Å². The molecule has 0 amide bonds. The van der Waals surface area contributed by atoms with Crippen LogP contribution in [0.3, 0.4) is 0 Å². The molecule has 0 aromatic heterocycles. The summed E-state index contributed by atoms with van der Waals surface area (Å²) in [6.45, 7) is 6.44. The van der Waals surface area contributed by atoms with Crippen LogP contribution in [0.15, 0.2) is 0 Å². The van der Waals surface area contributed by atoms with Gasteiger partial charge in [0.15, 0.2) is 18.3 Å². The number of ether oxygens (including phenoxy) is 6. The Labute approximate surface area is 266 Å². The summed E-state index contributed by atoms with van der Waals surface area (Å²) in [5.41, 5.74) is 0. The third kappa shape index (κ3) is 22.9. The average molecular weight is 647 g/mol. The molecule has 1 N–H and O–H groups in total. The van der Waals surface area contributed by atoms with Crippen LogP contribution in [0.2, 0.25) is 0 Å². The maximum Gasteiger partial charge on any atom is 0.309 e. The molecule has 0 aromatic rings. The molecule has 0 bridgehead atoms. The number of carbonyl (C=O) groups excluding carboxylic acids is 6. The highest BCUT2D eigenvalue weighted by Gasteiger charge is 2.41. The molecule has 0 spiro atoms. The zero-order chi connectivity index (χ0) is 34.2. The van der Waals surface area contributed by atoms with Crippen molar-refractivity contribution in [3.05, 3.63) is 0 Å². The fourth-order valence-corrected chi connectivity index (χ4v) is 4.69. The lowest BCUT2D eigenvalue weighted by Gasteiger charge is -2.33. The Morgan fingerprint density at radius 3 is 1.44 bits per heavy atom. The van der Waals surface area contributed by atoms with E-state index in [9.17, 15) is 33.9 Å². The highest BCUT2D eigenvalue weighted by atomic mass is 16.6. The van der Waals surface area contributed by atoms with Gasteiger partial charge in [0.1, 0.15) is 25.4 Å². The Morgan fingerprint density at radius 2 is 0.978 bits per heavy atom. The fraction of sp³-hybridized carbons (Fsp3) is 0.812. The SMILES string of the molecule is CCCCCCCCCCCCCC(CC(=O)OC[C@@H](OC(C)=O)[C@@H](O)[C@H](OC(C)=O)[C@@H](COC(C)=O)OC(C)=O)OC(C)=O. The van der Waals surface area contributed by atoms with Crippen LogP contribution in [0.4, 0.5) is 0 Å². The van der Waals surface area contributed by atoms with Gasteiger partial charge in [-0.3, -0.25) is 28.8 Å². The van der Waals surface area contributed by atoms with E-state index in [0.29, 0.717) is 6.42 Å². The van der Waals surface area contributed by atoms with Crippen LogP contribution < -0.4 is 0 Å². The van der Waals surface area contributed by atoms with E-state index in [2.05, 4.69) is 6.92 Å². The number of unbranched alkanes of at least 4 members (excludes halogenated alkanes) is 10. The number of esters is 6. The first-order valence-electron chi connectivity index (χ1n) is 15.9. The van der Waals surface area contributed by atoms with Gasteiger partial charge in [0.05, 0.1) is 6.42 Å². The van der Waals surface area contributed by atoms with E-state index in [4.69, 9.17) is 28.4 Å². The second-order valence-corrected chi connectivity index (χ2v) is 11.1. The van der Waals surface area contributed by atoms with Crippen molar-refractivity contribution in [1.29, 1.82) is 0 Å². The van der Waals surface area contributed by atoms with Gasteiger partial charge in [-0.15, -0.1) is 0 Å². The predicted octanol–water partition coefficient (Wildman–Crippen LogP) is 4.27. The minimum absolute atomic E-state index is 0.268. The van der Waals surface area contributed by atoms with E-state index in [-0.39, 0.29) is 6.42 Å². The molecule has 0 rings (SSSR count). The van der Waals surface area contributed by atoms with E-state index >= 15 is 0 Å². The molecular formula is C32H54O13. The summed E-state index contributed by atoms with van der Waals surface area (Å²) in [6, 6.07) is 0. The van der Waals surface area contributed by atoms with Crippen LogP contribution in [0.25, 0.3) is 0 Å². The molecule has 5 atom stereocenters. The minimum Gasteiger partial charge on any atom is -0.462 e. The maximum atomic E-state index is 12.7. The van der Waals surface area contributed by atoms with Crippen molar-refractivity contribution in [3.63, 3.8) is 0 Å². The number of hydrogen-bond donors (Lipinski definition) is 1. The first kappa shape index (κ1) is 41.8. The number of rotatable bonds is 25. The molecule has 13 heteroatoms. The van der Waals surface area contributed by atoms with Crippen LogP contribution in [0.1, 0.15) is 125 Å². The van der Waals surface area contributed by atoms with Gasteiger partial charge < -0.3 is 33.5 Å². The average Bonchev–Trinajstić information content (AvgIpc) is 2.93. The number of aliphatic hydroxyl groups excluding tert-OH is 1. The van der Waals surface area contributed by atoms with Gasteiger partial charge in [-0.05, 0) is 12.8 Å². The third-order valence-electron chi connectivity index (χ3n) is 6.74. The monoisotopic (exact) mass is 646 g/mol. The lowest BCUT2D eigenvalue weighted by atomic mass is 10.0. The zero-order valence-electron chi connectivity index (χ0n) is 27.8.